The number of rotatable bonds is 3. The van der Waals surface area contributed by atoms with Gasteiger partial charge in [-0.2, -0.15) is 13.2 Å². The van der Waals surface area contributed by atoms with E-state index in [2.05, 4.69) is 0 Å². The van der Waals surface area contributed by atoms with Crippen molar-refractivity contribution in [3.05, 3.63) is 68.7 Å². The number of hydrogen-bond donors (Lipinski definition) is 0. The summed E-state index contributed by atoms with van der Waals surface area (Å²) in [5.41, 5.74) is -2.12. The molecular formula is C14H7ClF3NO4. The third kappa shape index (κ3) is 3.98. The summed E-state index contributed by atoms with van der Waals surface area (Å²) in [5.74, 6) is -1.53. The molecule has 2 aromatic rings. The lowest BCUT2D eigenvalue weighted by atomic mass is 10.2. The topological polar surface area (TPSA) is 69.4 Å². The highest BCUT2D eigenvalue weighted by Crippen LogP contribution is 2.36. The van der Waals surface area contributed by atoms with Crippen LogP contribution in [0.15, 0.2) is 42.5 Å². The Morgan fingerprint density at radius 3 is 2.26 bits per heavy atom. The zero-order chi connectivity index (χ0) is 17.2. The Hall–Kier alpha value is -2.61. The van der Waals surface area contributed by atoms with E-state index in [9.17, 15) is 28.1 Å². The van der Waals surface area contributed by atoms with Crippen molar-refractivity contribution in [2.75, 3.05) is 0 Å². The van der Waals surface area contributed by atoms with E-state index in [4.69, 9.17) is 16.3 Å². The van der Waals surface area contributed by atoms with Gasteiger partial charge >= 0.3 is 17.8 Å². The van der Waals surface area contributed by atoms with Crippen molar-refractivity contribution in [3.63, 3.8) is 0 Å². The van der Waals surface area contributed by atoms with Crippen molar-refractivity contribution in [3.8, 4) is 5.75 Å². The van der Waals surface area contributed by atoms with Crippen LogP contribution in [0.25, 0.3) is 0 Å². The number of ether oxygens (including phenoxy) is 1. The van der Waals surface area contributed by atoms with Gasteiger partial charge in [-0.1, -0.05) is 11.6 Å². The number of carbonyl (C=O) groups is 1. The van der Waals surface area contributed by atoms with Crippen molar-refractivity contribution in [1.29, 1.82) is 0 Å². The highest BCUT2D eigenvalue weighted by Gasteiger charge is 2.33. The quantitative estimate of drug-likeness (QED) is 0.356. The number of alkyl halides is 3. The molecule has 0 bridgehead atoms. The fourth-order valence-corrected chi connectivity index (χ4v) is 1.79. The van der Waals surface area contributed by atoms with E-state index in [1.807, 2.05) is 0 Å². The first-order valence-electron chi connectivity index (χ1n) is 6.02. The molecule has 2 aromatic carbocycles. The minimum atomic E-state index is -4.75. The smallest absolute Gasteiger partial charge is 0.416 e. The van der Waals surface area contributed by atoms with Crippen molar-refractivity contribution >= 4 is 23.3 Å². The summed E-state index contributed by atoms with van der Waals surface area (Å²) in [5, 5.41) is 11.3. The van der Waals surface area contributed by atoms with Crippen LogP contribution in [0, 0.1) is 10.1 Å². The normalized spacial score (nSPS) is 11.1. The van der Waals surface area contributed by atoms with Crippen LogP contribution in [0.2, 0.25) is 5.02 Å². The van der Waals surface area contributed by atoms with E-state index in [1.165, 1.54) is 24.3 Å². The number of hydrogen-bond acceptors (Lipinski definition) is 4. The maximum absolute atomic E-state index is 12.6. The number of halogens is 4. The molecule has 23 heavy (non-hydrogen) atoms. The average Bonchev–Trinajstić information content (AvgIpc) is 2.46. The molecule has 0 aliphatic heterocycles. The van der Waals surface area contributed by atoms with Crippen LogP contribution in [0.3, 0.4) is 0 Å². The Balaban J connectivity index is 2.34. The highest BCUT2D eigenvalue weighted by molar-refractivity contribution is 6.30. The number of carbonyl (C=O) groups excluding carboxylic acids is 1. The number of nitro groups is 1. The third-order valence-electron chi connectivity index (χ3n) is 2.77. The highest BCUT2D eigenvalue weighted by atomic mass is 35.5. The third-order valence-corrected chi connectivity index (χ3v) is 3.02. The van der Waals surface area contributed by atoms with Gasteiger partial charge in [-0.3, -0.25) is 10.1 Å². The standard InChI is InChI=1S/C14H7ClF3NO4/c15-10-4-1-8(2-5-10)13(20)23-12-6-3-9(14(16,17)18)7-11(12)19(21)22/h1-7H. The monoisotopic (exact) mass is 345 g/mol. The second-order valence-electron chi connectivity index (χ2n) is 4.33. The van der Waals surface area contributed by atoms with Crippen molar-refractivity contribution in [2.45, 2.75) is 6.18 Å². The van der Waals surface area contributed by atoms with E-state index in [0.29, 0.717) is 17.2 Å². The van der Waals surface area contributed by atoms with Gasteiger partial charge in [0.1, 0.15) is 0 Å². The number of esters is 1. The predicted molar refractivity (Wildman–Crippen MR) is 74.5 cm³/mol. The molecule has 0 amide bonds. The Labute approximate surface area is 132 Å². The summed E-state index contributed by atoms with van der Waals surface area (Å²) in [6.07, 6.45) is -4.75. The summed E-state index contributed by atoms with van der Waals surface area (Å²) in [7, 11) is 0. The average molecular weight is 346 g/mol. The Morgan fingerprint density at radius 2 is 1.74 bits per heavy atom. The van der Waals surface area contributed by atoms with Crippen LogP contribution in [-0.4, -0.2) is 10.9 Å². The van der Waals surface area contributed by atoms with Crippen LogP contribution in [0.5, 0.6) is 5.75 Å². The van der Waals surface area contributed by atoms with Gasteiger partial charge in [-0.05, 0) is 36.4 Å². The molecule has 0 unspecified atom stereocenters. The van der Waals surface area contributed by atoms with Crippen molar-refractivity contribution in [1.82, 2.24) is 0 Å². The lowest BCUT2D eigenvalue weighted by Gasteiger charge is -2.09. The first-order valence-corrected chi connectivity index (χ1v) is 6.39. The number of nitrogens with zero attached hydrogens (tertiary/aromatic N) is 1. The molecule has 0 spiro atoms. The van der Waals surface area contributed by atoms with E-state index < -0.39 is 34.1 Å². The van der Waals surface area contributed by atoms with Crippen LogP contribution in [0.1, 0.15) is 15.9 Å². The number of nitro benzene ring substituents is 1. The first-order chi connectivity index (χ1) is 10.7. The van der Waals surface area contributed by atoms with Gasteiger partial charge in [0.25, 0.3) is 0 Å². The predicted octanol–water partition coefficient (Wildman–Crippen LogP) is 4.49. The molecule has 0 aromatic heterocycles. The second kappa shape index (κ2) is 6.25. The molecule has 5 nitrogen and oxygen atoms in total. The molecule has 0 heterocycles. The Morgan fingerprint density at radius 1 is 1.13 bits per heavy atom. The van der Waals surface area contributed by atoms with Gasteiger partial charge in [0, 0.05) is 11.1 Å². The molecule has 0 saturated heterocycles. The summed E-state index contributed by atoms with van der Waals surface area (Å²) in [6.45, 7) is 0. The fraction of sp³-hybridized carbons (Fsp3) is 0.0714. The molecule has 0 fully saturated rings. The second-order valence-corrected chi connectivity index (χ2v) is 4.77. The number of benzene rings is 2. The Bertz CT molecular complexity index is 760. The van der Waals surface area contributed by atoms with Crippen LogP contribution in [0.4, 0.5) is 18.9 Å². The van der Waals surface area contributed by atoms with E-state index in [1.54, 1.807) is 0 Å². The molecule has 0 saturated carbocycles. The van der Waals surface area contributed by atoms with E-state index >= 15 is 0 Å². The molecule has 120 valence electrons. The lowest BCUT2D eigenvalue weighted by Crippen LogP contribution is -2.11. The molecule has 2 rings (SSSR count). The zero-order valence-corrected chi connectivity index (χ0v) is 11.9. The zero-order valence-electron chi connectivity index (χ0n) is 11.1. The first kappa shape index (κ1) is 16.8. The van der Waals surface area contributed by atoms with Gasteiger partial charge in [-0.15, -0.1) is 0 Å². The summed E-state index contributed by atoms with van der Waals surface area (Å²) < 4.78 is 42.6. The Kier molecular flexibility index (Phi) is 4.55. The van der Waals surface area contributed by atoms with Crippen LogP contribution in [-0.2, 0) is 6.18 Å². The van der Waals surface area contributed by atoms with E-state index in [0.717, 1.165) is 6.07 Å². The molecule has 9 heteroatoms. The molecule has 0 aliphatic carbocycles. The minimum Gasteiger partial charge on any atom is -0.416 e. The van der Waals surface area contributed by atoms with Crippen molar-refractivity contribution < 1.29 is 27.6 Å². The van der Waals surface area contributed by atoms with E-state index in [-0.39, 0.29) is 5.56 Å². The lowest BCUT2D eigenvalue weighted by molar-refractivity contribution is -0.385. The molecule has 0 atom stereocenters. The maximum Gasteiger partial charge on any atom is 0.416 e. The van der Waals surface area contributed by atoms with Gasteiger partial charge in [0.05, 0.1) is 16.1 Å². The summed E-state index contributed by atoms with van der Waals surface area (Å²) in [6, 6.07) is 7.08. The van der Waals surface area contributed by atoms with Crippen LogP contribution >= 0.6 is 11.6 Å². The SMILES string of the molecule is O=C(Oc1ccc(C(F)(F)F)cc1[N+](=O)[O-])c1ccc(Cl)cc1. The van der Waals surface area contributed by atoms with Gasteiger partial charge in [-0.25, -0.2) is 4.79 Å². The molecule has 0 N–H and O–H groups in total. The van der Waals surface area contributed by atoms with Crippen LogP contribution < -0.4 is 4.74 Å². The molecule has 0 radical (unpaired) electrons. The summed E-state index contributed by atoms with van der Waals surface area (Å²) >= 11 is 5.66. The largest absolute Gasteiger partial charge is 0.416 e. The van der Waals surface area contributed by atoms with Gasteiger partial charge in [0.2, 0.25) is 5.75 Å². The molecule has 0 aliphatic rings. The van der Waals surface area contributed by atoms with Gasteiger partial charge in [0.15, 0.2) is 0 Å². The van der Waals surface area contributed by atoms with Gasteiger partial charge < -0.3 is 4.74 Å². The van der Waals surface area contributed by atoms with Crippen molar-refractivity contribution in [2.24, 2.45) is 0 Å². The summed E-state index contributed by atoms with van der Waals surface area (Å²) in [4.78, 5) is 21.7. The maximum atomic E-state index is 12.6. The minimum absolute atomic E-state index is 0.0450. The molecular weight excluding hydrogens is 339 g/mol. The fourth-order valence-electron chi connectivity index (χ4n) is 1.67.